The normalized spacial score (nSPS) is 29.9. The fraction of sp³-hybridized carbons (Fsp3) is 0.933. The maximum atomic E-state index is 12.5. The fourth-order valence-electron chi connectivity index (χ4n) is 3.17. The van der Waals surface area contributed by atoms with Crippen LogP contribution in [0.2, 0.25) is 0 Å². The molecule has 19 heavy (non-hydrogen) atoms. The highest BCUT2D eigenvalue weighted by Gasteiger charge is 2.37. The van der Waals surface area contributed by atoms with Crippen LogP contribution in [0, 0.1) is 5.41 Å². The standard InChI is InChI=1S/C15H28N2O2/c1-3-13(19-12-6-4-5-7-12)14(18)17-9-8-15(2,10-16)11-17/h12-13H,3-11,16H2,1-2H3. The van der Waals surface area contributed by atoms with Gasteiger partial charge in [-0.25, -0.2) is 0 Å². The van der Waals surface area contributed by atoms with Gasteiger partial charge < -0.3 is 15.4 Å². The summed E-state index contributed by atoms with van der Waals surface area (Å²) in [5.41, 5.74) is 5.90. The first-order valence-electron chi connectivity index (χ1n) is 7.72. The van der Waals surface area contributed by atoms with Crippen LogP contribution in [0.25, 0.3) is 0 Å². The molecule has 0 aromatic carbocycles. The van der Waals surface area contributed by atoms with Crippen molar-refractivity contribution in [3.63, 3.8) is 0 Å². The summed E-state index contributed by atoms with van der Waals surface area (Å²) in [6, 6.07) is 0. The molecule has 1 amide bonds. The lowest BCUT2D eigenvalue weighted by atomic mass is 9.90. The van der Waals surface area contributed by atoms with Gasteiger partial charge in [-0.05, 0) is 37.6 Å². The van der Waals surface area contributed by atoms with E-state index in [1.807, 2.05) is 11.8 Å². The lowest BCUT2D eigenvalue weighted by Crippen LogP contribution is -2.42. The van der Waals surface area contributed by atoms with Crippen molar-refractivity contribution in [2.75, 3.05) is 19.6 Å². The van der Waals surface area contributed by atoms with E-state index >= 15 is 0 Å². The molecular formula is C15H28N2O2. The smallest absolute Gasteiger partial charge is 0.251 e. The Morgan fingerprint density at radius 2 is 2.16 bits per heavy atom. The highest BCUT2D eigenvalue weighted by molar-refractivity contribution is 5.81. The molecule has 2 atom stereocenters. The van der Waals surface area contributed by atoms with Crippen LogP contribution in [0.5, 0.6) is 0 Å². The quantitative estimate of drug-likeness (QED) is 0.829. The third kappa shape index (κ3) is 3.48. The maximum Gasteiger partial charge on any atom is 0.251 e. The van der Waals surface area contributed by atoms with E-state index in [0.717, 1.165) is 38.8 Å². The predicted octanol–water partition coefficient (Wildman–Crippen LogP) is 1.92. The second-order valence-corrected chi connectivity index (χ2v) is 6.46. The molecule has 4 heteroatoms. The van der Waals surface area contributed by atoms with Gasteiger partial charge in [-0.3, -0.25) is 4.79 Å². The molecule has 1 aliphatic carbocycles. The topological polar surface area (TPSA) is 55.6 Å². The Kier molecular flexibility index (Phi) is 4.85. The Morgan fingerprint density at radius 3 is 2.68 bits per heavy atom. The fourth-order valence-corrected chi connectivity index (χ4v) is 3.17. The first-order valence-corrected chi connectivity index (χ1v) is 7.72. The zero-order valence-electron chi connectivity index (χ0n) is 12.4. The van der Waals surface area contributed by atoms with Crippen molar-refractivity contribution in [2.45, 2.75) is 64.6 Å². The predicted molar refractivity (Wildman–Crippen MR) is 75.8 cm³/mol. The van der Waals surface area contributed by atoms with Gasteiger partial charge in [0.25, 0.3) is 5.91 Å². The Bertz CT molecular complexity index is 315. The van der Waals surface area contributed by atoms with E-state index in [-0.39, 0.29) is 17.4 Å². The Labute approximate surface area is 116 Å². The van der Waals surface area contributed by atoms with Crippen LogP contribution >= 0.6 is 0 Å². The van der Waals surface area contributed by atoms with Crippen molar-refractivity contribution in [3.05, 3.63) is 0 Å². The number of hydrogen-bond acceptors (Lipinski definition) is 3. The second-order valence-electron chi connectivity index (χ2n) is 6.46. The van der Waals surface area contributed by atoms with Crippen molar-refractivity contribution in [1.29, 1.82) is 0 Å². The second kappa shape index (κ2) is 6.23. The Balaban J connectivity index is 1.89. The van der Waals surface area contributed by atoms with Crippen molar-refractivity contribution < 1.29 is 9.53 Å². The molecule has 1 heterocycles. The SMILES string of the molecule is CCC(OC1CCCC1)C(=O)N1CCC(C)(CN)C1. The summed E-state index contributed by atoms with van der Waals surface area (Å²) in [4.78, 5) is 14.5. The Hall–Kier alpha value is -0.610. The summed E-state index contributed by atoms with van der Waals surface area (Å²) >= 11 is 0. The number of amides is 1. The number of rotatable bonds is 5. The number of ether oxygens (including phenoxy) is 1. The molecule has 4 nitrogen and oxygen atoms in total. The lowest BCUT2D eigenvalue weighted by Gasteiger charge is -2.27. The number of hydrogen-bond donors (Lipinski definition) is 1. The molecule has 2 rings (SSSR count). The minimum Gasteiger partial charge on any atom is -0.365 e. The summed E-state index contributed by atoms with van der Waals surface area (Å²) in [6.45, 7) is 6.47. The zero-order chi connectivity index (χ0) is 13.9. The van der Waals surface area contributed by atoms with E-state index in [0.29, 0.717) is 12.6 Å². The molecule has 0 aromatic rings. The van der Waals surface area contributed by atoms with Gasteiger partial charge in [0.1, 0.15) is 6.10 Å². The van der Waals surface area contributed by atoms with Gasteiger partial charge in [-0.1, -0.05) is 26.7 Å². The van der Waals surface area contributed by atoms with Crippen molar-refractivity contribution in [1.82, 2.24) is 4.90 Å². The number of carbonyl (C=O) groups excluding carboxylic acids is 1. The Morgan fingerprint density at radius 1 is 1.47 bits per heavy atom. The first-order chi connectivity index (χ1) is 9.08. The molecule has 0 bridgehead atoms. The average molecular weight is 268 g/mol. The van der Waals surface area contributed by atoms with E-state index in [1.54, 1.807) is 0 Å². The molecule has 2 unspecified atom stereocenters. The van der Waals surface area contributed by atoms with E-state index < -0.39 is 0 Å². The minimum absolute atomic E-state index is 0.0985. The van der Waals surface area contributed by atoms with Crippen LogP contribution < -0.4 is 5.73 Å². The van der Waals surface area contributed by atoms with Crippen LogP contribution in [0.4, 0.5) is 0 Å². The van der Waals surface area contributed by atoms with Gasteiger partial charge in [-0.2, -0.15) is 0 Å². The number of carbonyl (C=O) groups is 1. The van der Waals surface area contributed by atoms with E-state index in [1.165, 1.54) is 12.8 Å². The molecule has 2 N–H and O–H groups in total. The number of likely N-dealkylation sites (tertiary alicyclic amines) is 1. The molecule has 1 aliphatic heterocycles. The lowest BCUT2D eigenvalue weighted by molar-refractivity contribution is -0.147. The third-order valence-electron chi connectivity index (χ3n) is 4.67. The number of nitrogens with two attached hydrogens (primary N) is 1. The maximum absolute atomic E-state index is 12.5. The van der Waals surface area contributed by atoms with E-state index in [2.05, 4.69) is 6.92 Å². The van der Waals surface area contributed by atoms with Crippen molar-refractivity contribution in [2.24, 2.45) is 11.1 Å². The third-order valence-corrected chi connectivity index (χ3v) is 4.67. The summed E-state index contributed by atoms with van der Waals surface area (Å²) in [5.74, 6) is 0.173. The molecule has 0 spiro atoms. The van der Waals surface area contributed by atoms with Gasteiger partial charge in [0.15, 0.2) is 0 Å². The molecular weight excluding hydrogens is 240 g/mol. The van der Waals surface area contributed by atoms with Crippen LogP contribution in [-0.2, 0) is 9.53 Å². The largest absolute Gasteiger partial charge is 0.365 e. The monoisotopic (exact) mass is 268 g/mol. The number of nitrogens with zero attached hydrogens (tertiary/aromatic N) is 1. The molecule has 110 valence electrons. The van der Waals surface area contributed by atoms with Crippen LogP contribution in [0.3, 0.4) is 0 Å². The summed E-state index contributed by atoms with van der Waals surface area (Å²) in [6.07, 6.45) is 6.55. The summed E-state index contributed by atoms with van der Waals surface area (Å²) < 4.78 is 6.01. The molecule has 2 aliphatic rings. The molecule has 1 saturated carbocycles. The molecule has 2 fully saturated rings. The molecule has 0 radical (unpaired) electrons. The van der Waals surface area contributed by atoms with Crippen LogP contribution in [-0.4, -0.2) is 42.6 Å². The summed E-state index contributed by atoms with van der Waals surface area (Å²) in [5, 5.41) is 0. The van der Waals surface area contributed by atoms with Gasteiger partial charge in [-0.15, -0.1) is 0 Å². The zero-order valence-corrected chi connectivity index (χ0v) is 12.4. The van der Waals surface area contributed by atoms with E-state index in [4.69, 9.17) is 10.5 Å². The van der Waals surface area contributed by atoms with Crippen molar-refractivity contribution in [3.8, 4) is 0 Å². The van der Waals surface area contributed by atoms with Crippen molar-refractivity contribution >= 4 is 5.91 Å². The van der Waals surface area contributed by atoms with E-state index in [9.17, 15) is 4.79 Å². The molecule has 1 saturated heterocycles. The molecule has 0 aromatic heterocycles. The van der Waals surface area contributed by atoms with Gasteiger partial charge in [0.05, 0.1) is 6.10 Å². The van der Waals surface area contributed by atoms with Crippen LogP contribution in [0.15, 0.2) is 0 Å². The van der Waals surface area contributed by atoms with Gasteiger partial charge in [0.2, 0.25) is 0 Å². The van der Waals surface area contributed by atoms with Gasteiger partial charge in [0, 0.05) is 13.1 Å². The summed E-state index contributed by atoms with van der Waals surface area (Å²) in [7, 11) is 0. The van der Waals surface area contributed by atoms with Crippen LogP contribution in [0.1, 0.15) is 52.4 Å². The first kappa shape index (κ1) is 14.8. The highest BCUT2D eigenvalue weighted by atomic mass is 16.5. The van der Waals surface area contributed by atoms with Gasteiger partial charge >= 0.3 is 0 Å². The average Bonchev–Trinajstić information content (AvgIpc) is 3.05. The minimum atomic E-state index is -0.247. The highest BCUT2D eigenvalue weighted by Crippen LogP contribution is 2.30.